The second kappa shape index (κ2) is 8.87. The van der Waals surface area contributed by atoms with Gasteiger partial charge in [-0.2, -0.15) is 0 Å². The molecule has 1 amide bonds. The summed E-state index contributed by atoms with van der Waals surface area (Å²) in [5, 5.41) is 11.3. The summed E-state index contributed by atoms with van der Waals surface area (Å²) in [6, 6.07) is 3.90. The quantitative estimate of drug-likeness (QED) is 0.306. The summed E-state index contributed by atoms with van der Waals surface area (Å²) in [6.07, 6.45) is 0. The molecule has 1 aromatic carbocycles. The largest absolute Gasteiger partial charge is 0.394 e. The Hall–Kier alpha value is 0.800. The van der Waals surface area contributed by atoms with E-state index >= 15 is 0 Å². The van der Waals surface area contributed by atoms with Gasteiger partial charge in [-0.25, -0.2) is 0 Å². The molecule has 0 saturated carbocycles. The van der Waals surface area contributed by atoms with E-state index in [9.17, 15) is 4.79 Å². The molecule has 0 bridgehead atoms. The first kappa shape index (κ1) is 16.9. The van der Waals surface area contributed by atoms with Crippen LogP contribution < -0.4 is 5.32 Å². The Bertz CT molecular complexity index is 426. The normalized spacial score (nSPS) is 10.4. The topological polar surface area (TPSA) is 58.6 Å². The van der Waals surface area contributed by atoms with Crippen molar-refractivity contribution in [1.29, 1.82) is 0 Å². The molecule has 0 fully saturated rings. The monoisotopic (exact) mass is 587 g/mol. The zero-order chi connectivity index (χ0) is 13.5. The van der Waals surface area contributed by atoms with Gasteiger partial charge in [0.25, 0.3) is 5.91 Å². The molecule has 0 aromatic heterocycles. The lowest BCUT2D eigenvalue weighted by Gasteiger charge is -2.09. The Morgan fingerprint density at radius 2 is 2.00 bits per heavy atom. The van der Waals surface area contributed by atoms with Gasteiger partial charge in [0.2, 0.25) is 0 Å². The Labute approximate surface area is 147 Å². The van der Waals surface area contributed by atoms with E-state index < -0.39 is 0 Å². The van der Waals surface area contributed by atoms with Crippen LogP contribution in [0, 0.1) is 10.7 Å². The highest BCUT2D eigenvalue weighted by molar-refractivity contribution is 14.1. The number of carbonyl (C=O) groups is 1. The molecule has 0 aliphatic heterocycles. The van der Waals surface area contributed by atoms with Gasteiger partial charge in [-0.1, -0.05) is 0 Å². The summed E-state index contributed by atoms with van der Waals surface area (Å²) in [5.74, 6) is -0.0940. The molecule has 0 radical (unpaired) electrons. The Kier molecular flexibility index (Phi) is 8.30. The van der Waals surface area contributed by atoms with E-state index in [4.69, 9.17) is 9.84 Å². The second-order valence-electron chi connectivity index (χ2n) is 3.34. The van der Waals surface area contributed by atoms with Crippen LogP contribution in [0.15, 0.2) is 12.1 Å². The summed E-state index contributed by atoms with van der Waals surface area (Å²) in [7, 11) is 0. The molecule has 0 aliphatic carbocycles. The number of carbonyl (C=O) groups excluding carboxylic acids is 1. The zero-order valence-electron chi connectivity index (χ0n) is 9.38. The van der Waals surface area contributed by atoms with Crippen LogP contribution in [0.3, 0.4) is 0 Å². The number of hydrogen-bond donors (Lipinski definition) is 2. The van der Waals surface area contributed by atoms with Gasteiger partial charge >= 0.3 is 0 Å². The Morgan fingerprint density at radius 3 is 2.67 bits per heavy atom. The maximum atomic E-state index is 12.0. The fraction of sp³-hybridized carbons (Fsp3) is 0.364. The molecule has 0 unspecified atom stereocenters. The highest BCUT2D eigenvalue weighted by Gasteiger charge is 2.12. The van der Waals surface area contributed by atoms with Crippen LogP contribution in [-0.4, -0.2) is 37.4 Å². The summed E-state index contributed by atoms with van der Waals surface area (Å²) in [6.45, 7) is 1.15. The van der Waals surface area contributed by atoms with Gasteiger partial charge < -0.3 is 15.2 Å². The fourth-order valence-electron chi connectivity index (χ4n) is 1.22. The number of halogens is 3. The number of nitrogens with one attached hydrogen (secondary N) is 1. The summed E-state index contributed by atoms with van der Waals surface area (Å²) in [4.78, 5) is 12.0. The SMILES string of the molecule is O=C(NCCOCCO)c1cc(I)cc(I)c1I. The number of ether oxygens (including phenoxy) is 1. The van der Waals surface area contributed by atoms with E-state index in [1.807, 2.05) is 12.1 Å². The third-order valence-corrected chi connectivity index (χ3v) is 5.67. The van der Waals surface area contributed by atoms with Crippen molar-refractivity contribution >= 4 is 73.7 Å². The third-order valence-electron chi connectivity index (χ3n) is 2.01. The average molecular weight is 587 g/mol. The molecule has 4 nitrogen and oxygen atoms in total. The van der Waals surface area contributed by atoms with Crippen molar-refractivity contribution in [2.75, 3.05) is 26.4 Å². The maximum Gasteiger partial charge on any atom is 0.252 e. The van der Waals surface area contributed by atoms with E-state index in [0.717, 1.165) is 10.7 Å². The molecular weight excluding hydrogens is 575 g/mol. The second-order valence-corrected chi connectivity index (χ2v) is 6.83. The molecule has 0 saturated heterocycles. The molecule has 2 N–H and O–H groups in total. The molecular formula is C11H12I3NO3. The van der Waals surface area contributed by atoms with E-state index in [1.165, 1.54) is 0 Å². The first-order valence-electron chi connectivity index (χ1n) is 5.17. The maximum absolute atomic E-state index is 12.0. The van der Waals surface area contributed by atoms with Crippen LogP contribution in [0.5, 0.6) is 0 Å². The molecule has 0 heterocycles. The van der Waals surface area contributed by atoms with Crippen molar-refractivity contribution in [3.05, 3.63) is 28.4 Å². The number of aliphatic hydroxyl groups is 1. The van der Waals surface area contributed by atoms with Crippen LogP contribution in [0.2, 0.25) is 0 Å². The summed E-state index contributed by atoms with van der Waals surface area (Å²) >= 11 is 6.59. The molecule has 0 atom stereocenters. The summed E-state index contributed by atoms with van der Waals surface area (Å²) in [5.41, 5.74) is 0.689. The molecule has 7 heteroatoms. The van der Waals surface area contributed by atoms with Gasteiger partial charge in [0.05, 0.1) is 25.4 Å². The average Bonchev–Trinajstić information content (AvgIpc) is 2.33. The van der Waals surface area contributed by atoms with Crippen molar-refractivity contribution < 1.29 is 14.6 Å². The van der Waals surface area contributed by atoms with Crippen molar-refractivity contribution in [3.8, 4) is 0 Å². The third kappa shape index (κ3) is 5.43. The van der Waals surface area contributed by atoms with Crippen LogP contribution in [0.4, 0.5) is 0 Å². The minimum atomic E-state index is -0.0940. The minimum absolute atomic E-state index is 0.000913. The van der Waals surface area contributed by atoms with Crippen LogP contribution in [-0.2, 0) is 4.74 Å². The van der Waals surface area contributed by atoms with Crippen molar-refractivity contribution in [1.82, 2.24) is 5.32 Å². The highest BCUT2D eigenvalue weighted by atomic mass is 127. The Balaban J connectivity index is 2.56. The van der Waals surface area contributed by atoms with E-state index in [1.54, 1.807) is 0 Å². The van der Waals surface area contributed by atoms with Gasteiger partial charge in [-0.15, -0.1) is 0 Å². The molecule has 0 aliphatic rings. The zero-order valence-corrected chi connectivity index (χ0v) is 15.9. The van der Waals surface area contributed by atoms with E-state index in [-0.39, 0.29) is 12.5 Å². The summed E-state index contributed by atoms with van der Waals surface area (Å²) < 4.78 is 8.15. The predicted molar refractivity (Wildman–Crippen MR) is 94.8 cm³/mol. The van der Waals surface area contributed by atoms with Gasteiger partial charge in [-0.3, -0.25) is 4.79 Å². The van der Waals surface area contributed by atoms with Crippen LogP contribution >= 0.6 is 67.8 Å². The van der Waals surface area contributed by atoms with E-state index in [2.05, 4.69) is 73.1 Å². The molecule has 1 aromatic rings. The lowest BCUT2D eigenvalue weighted by Crippen LogP contribution is -2.28. The van der Waals surface area contributed by atoms with Crippen molar-refractivity contribution in [2.45, 2.75) is 0 Å². The first-order valence-corrected chi connectivity index (χ1v) is 8.41. The van der Waals surface area contributed by atoms with Gasteiger partial charge in [0.1, 0.15) is 0 Å². The lowest BCUT2D eigenvalue weighted by molar-refractivity contribution is 0.0837. The van der Waals surface area contributed by atoms with Crippen molar-refractivity contribution in [3.63, 3.8) is 0 Å². The standard InChI is InChI=1S/C11H12I3NO3/c12-7-5-8(10(14)9(13)6-7)11(17)15-1-3-18-4-2-16/h5-6,16H,1-4H2,(H,15,17). The van der Waals surface area contributed by atoms with Crippen LogP contribution in [0.25, 0.3) is 0 Å². The van der Waals surface area contributed by atoms with E-state index in [0.29, 0.717) is 25.3 Å². The molecule has 100 valence electrons. The Morgan fingerprint density at radius 1 is 1.28 bits per heavy atom. The number of hydrogen-bond acceptors (Lipinski definition) is 3. The number of aliphatic hydroxyl groups excluding tert-OH is 1. The molecule has 0 spiro atoms. The van der Waals surface area contributed by atoms with Gasteiger partial charge in [0, 0.05) is 17.3 Å². The minimum Gasteiger partial charge on any atom is -0.394 e. The van der Waals surface area contributed by atoms with Crippen molar-refractivity contribution in [2.24, 2.45) is 0 Å². The number of amides is 1. The smallest absolute Gasteiger partial charge is 0.252 e. The first-order chi connectivity index (χ1) is 8.56. The molecule has 18 heavy (non-hydrogen) atoms. The lowest BCUT2D eigenvalue weighted by atomic mass is 10.2. The fourth-order valence-corrected chi connectivity index (χ4v) is 3.62. The van der Waals surface area contributed by atoms with Crippen LogP contribution in [0.1, 0.15) is 10.4 Å². The predicted octanol–water partition coefficient (Wildman–Crippen LogP) is 2.24. The van der Waals surface area contributed by atoms with Gasteiger partial charge in [0.15, 0.2) is 0 Å². The number of benzene rings is 1. The highest BCUT2D eigenvalue weighted by Crippen LogP contribution is 2.22. The van der Waals surface area contributed by atoms with Gasteiger partial charge in [-0.05, 0) is 79.9 Å². The number of rotatable bonds is 6. The molecule has 1 rings (SSSR count).